The zero-order valence-corrected chi connectivity index (χ0v) is 16.5. The van der Waals surface area contributed by atoms with Crippen molar-refractivity contribution >= 4 is 28.3 Å². The van der Waals surface area contributed by atoms with Crippen molar-refractivity contribution in [2.45, 2.75) is 6.42 Å². The van der Waals surface area contributed by atoms with E-state index in [1.54, 1.807) is 42.5 Å². The highest BCUT2D eigenvalue weighted by atomic mass is 32.1. The molecule has 0 unspecified atom stereocenters. The number of aromatic nitrogens is 3. The van der Waals surface area contributed by atoms with Gasteiger partial charge in [0.25, 0.3) is 11.1 Å². The van der Waals surface area contributed by atoms with Crippen LogP contribution in [0.15, 0.2) is 58.1 Å². The maximum absolute atomic E-state index is 13.1. The summed E-state index contributed by atoms with van der Waals surface area (Å²) in [5.41, 5.74) is 0.939. The minimum Gasteiger partial charge on any atom is -0.465 e. The molecule has 9 heteroatoms. The van der Waals surface area contributed by atoms with E-state index in [-0.39, 0.29) is 22.9 Å². The van der Waals surface area contributed by atoms with E-state index < -0.39 is 17.1 Å². The number of esters is 1. The number of carbonyl (C=O) groups is 1. The Balaban J connectivity index is 1.72. The van der Waals surface area contributed by atoms with Crippen molar-refractivity contribution in [2.24, 2.45) is 0 Å². The van der Waals surface area contributed by atoms with Gasteiger partial charge in [0.15, 0.2) is 0 Å². The lowest BCUT2D eigenvalue weighted by atomic mass is 10.1. The molecule has 2 aromatic carbocycles. The van der Waals surface area contributed by atoms with Gasteiger partial charge < -0.3 is 4.74 Å². The van der Waals surface area contributed by atoms with E-state index in [1.807, 2.05) is 0 Å². The molecule has 0 atom stereocenters. The standard InChI is InChI=1S/C21H14FN3O4S/c1-29-20(28)14-6-2-13(3-7-14)11-17-19(27)25-21(30-17)23-18(26)16(24-25)10-12-4-8-15(22)9-5-12/h2-9,11H,10H2,1H3/b17-11-. The van der Waals surface area contributed by atoms with Gasteiger partial charge in [-0.05, 0) is 41.5 Å². The lowest BCUT2D eigenvalue weighted by Gasteiger charge is -2.00. The van der Waals surface area contributed by atoms with Crippen molar-refractivity contribution in [2.75, 3.05) is 7.11 Å². The maximum Gasteiger partial charge on any atom is 0.337 e. The highest BCUT2D eigenvalue weighted by Gasteiger charge is 2.12. The third kappa shape index (κ3) is 3.87. The molecule has 0 aliphatic heterocycles. The molecule has 7 nitrogen and oxygen atoms in total. The highest BCUT2D eigenvalue weighted by molar-refractivity contribution is 7.15. The van der Waals surface area contributed by atoms with Crippen molar-refractivity contribution in [3.05, 3.63) is 102 Å². The van der Waals surface area contributed by atoms with Gasteiger partial charge >= 0.3 is 5.97 Å². The van der Waals surface area contributed by atoms with Crippen LogP contribution in [0.1, 0.15) is 27.2 Å². The first-order valence-corrected chi connectivity index (χ1v) is 9.63. The first-order valence-electron chi connectivity index (χ1n) is 8.82. The number of methoxy groups -OCH3 is 1. The molecule has 2 aromatic heterocycles. The molecular weight excluding hydrogens is 409 g/mol. The molecular formula is C21H14FN3O4S. The second-order valence-electron chi connectivity index (χ2n) is 6.39. The van der Waals surface area contributed by atoms with Gasteiger partial charge in [-0.2, -0.15) is 14.6 Å². The SMILES string of the molecule is COC(=O)c1ccc(/C=c2\sc3nc(=O)c(Cc4ccc(F)cc4)nn3c2=O)cc1. The largest absolute Gasteiger partial charge is 0.465 e. The molecule has 0 amide bonds. The number of fused-ring (bicyclic) bond motifs is 1. The lowest BCUT2D eigenvalue weighted by molar-refractivity contribution is 0.0600. The fourth-order valence-corrected chi connectivity index (χ4v) is 3.74. The molecule has 0 spiro atoms. The monoisotopic (exact) mass is 423 g/mol. The molecule has 30 heavy (non-hydrogen) atoms. The van der Waals surface area contributed by atoms with E-state index >= 15 is 0 Å². The van der Waals surface area contributed by atoms with Gasteiger partial charge in [-0.25, -0.2) is 9.18 Å². The maximum atomic E-state index is 13.1. The predicted molar refractivity (Wildman–Crippen MR) is 109 cm³/mol. The van der Waals surface area contributed by atoms with Crippen LogP contribution < -0.4 is 15.7 Å². The van der Waals surface area contributed by atoms with Gasteiger partial charge in [0.05, 0.1) is 17.2 Å². The zero-order chi connectivity index (χ0) is 21.3. The van der Waals surface area contributed by atoms with E-state index in [4.69, 9.17) is 0 Å². The van der Waals surface area contributed by atoms with Crippen LogP contribution in [0.4, 0.5) is 4.39 Å². The van der Waals surface area contributed by atoms with Crippen LogP contribution in [-0.2, 0) is 11.2 Å². The Bertz CT molecular complexity index is 1410. The first-order chi connectivity index (χ1) is 14.4. The number of nitrogens with zero attached hydrogens (tertiary/aromatic N) is 3. The summed E-state index contributed by atoms with van der Waals surface area (Å²) in [7, 11) is 1.30. The number of rotatable bonds is 4. The molecule has 0 radical (unpaired) electrons. The van der Waals surface area contributed by atoms with Gasteiger partial charge in [0.1, 0.15) is 11.5 Å². The summed E-state index contributed by atoms with van der Waals surface area (Å²) in [5, 5.41) is 4.17. The van der Waals surface area contributed by atoms with Crippen LogP contribution in [0, 0.1) is 5.82 Å². The van der Waals surface area contributed by atoms with Gasteiger partial charge in [-0.15, -0.1) is 0 Å². The minimum absolute atomic E-state index is 0.1000. The highest BCUT2D eigenvalue weighted by Crippen LogP contribution is 2.08. The summed E-state index contributed by atoms with van der Waals surface area (Å²) in [4.78, 5) is 40.7. The fourth-order valence-electron chi connectivity index (χ4n) is 2.83. The number of halogens is 1. The quantitative estimate of drug-likeness (QED) is 0.463. The Kier molecular flexibility index (Phi) is 5.20. The Morgan fingerprint density at radius 1 is 1.13 bits per heavy atom. The van der Waals surface area contributed by atoms with E-state index in [0.717, 1.165) is 15.9 Å². The number of thiazole rings is 1. The zero-order valence-electron chi connectivity index (χ0n) is 15.7. The van der Waals surface area contributed by atoms with E-state index in [9.17, 15) is 18.8 Å². The summed E-state index contributed by atoms with van der Waals surface area (Å²) < 4.78 is 19.2. The summed E-state index contributed by atoms with van der Waals surface area (Å²) in [6, 6.07) is 12.2. The van der Waals surface area contributed by atoms with Crippen molar-refractivity contribution < 1.29 is 13.9 Å². The summed E-state index contributed by atoms with van der Waals surface area (Å²) >= 11 is 1.04. The lowest BCUT2D eigenvalue weighted by Crippen LogP contribution is -2.28. The molecule has 4 aromatic rings. The van der Waals surface area contributed by atoms with Crippen LogP contribution in [0.3, 0.4) is 0 Å². The van der Waals surface area contributed by atoms with Crippen LogP contribution in [0.25, 0.3) is 11.0 Å². The van der Waals surface area contributed by atoms with Crippen LogP contribution in [-0.4, -0.2) is 27.7 Å². The van der Waals surface area contributed by atoms with Crippen LogP contribution in [0.2, 0.25) is 0 Å². The molecule has 0 saturated heterocycles. The minimum atomic E-state index is -0.533. The molecule has 0 fully saturated rings. The first kappa shape index (κ1) is 19.6. The molecule has 150 valence electrons. The Morgan fingerprint density at radius 3 is 2.50 bits per heavy atom. The fraction of sp³-hybridized carbons (Fsp3) is 0.0952. The van der Waals surface area contributed by atoms with Gasteiger partial charge in [0.2, 0.25) is 4.96 Å². The molecule has 0 bridgehead atoms. The van der Waals surface area contributed by atoms with Gasteiger partial charge in [-0.3, -0.25) is 9.59 Å². The van der Waals surface area contributed by atoms with E-state index in [1.165, 1.54) is 19.2 Å². The van der Waals surface area contributed by atoms with Gasteiger partial charge in [0, 0.05) is 6.42 Å². The Labute approximate surface area is 172 Å². The summed E-state index contributed by atoms with van der Waals surface area (Å²) in [6.45, 7) is 0. The van der Waals surface area contributed by atoms with E-state index in [0.29, 0.717) is 21.2 Å². The normalized spacial score (nSPS) is 11.7. The molecule has 0 N–H and O–H groups in total. The second-order valence-corrected chi connectivity index (χ2v) is 7.40. The van der Waals surface area contributed by atoms with E-state index in [2.05, 4.69) is 14.8 Å². The topological polar surface area (TPSA) is 90.6 Å². The average molecular weight is 423 g/mol. The molecule has 0 aliphatic rings. The summed E-state index contributed by atoms with van der Waals surface area (Å²) in [5.74, 6) is -0.829. The molecule has 4 rings (SSSR count). The van der Waals surface area contributed by atoms with Crippen molar-refractivity contribution in [3.63, 3.8) is 0 Å². The molecule has 0 saturated carbocycles. The molecule has 0 aliphatic carbocycles. The number of hydrogen-bond donors (Lipinski definition) is 0. The van der Waals surface area contributed by atoms with Crippen molar-refractivity contribution in [1.29, 1.82) is 0 Å². The number of hydrogen-bond acceptors (Lipinski definition) is 7. The second kappa shape index (κ2) is 7.96. The Morgan fingerprint density at radius 2 is 1.83 bits per heavy atom. The number of benzene rings is 2. The average Bonchev–Trinajstić information content (AvgIpc) is 3.04. The summed E-state index contributed by atoms with van der Waals surface area (Å²) in [6.07, 6.45) is 1.77. The van der Waals surface area contributed by atoms with Crippen molar-refractivity contribution in [1.82, 2.24) is 14.6 Å². The third-order valence-corrected chi connectivity index (χ3v) is 5.32. The van der Waals surface area contributed by atoms with Crippen LogP contribution >= 0.6 is 11.3 Å². The van der Waals surface area contributed by atoms with Crippen molar-refractivity contribution in [3.8, 4) is 0 Å². The smallest absolute Gasteiger partial charge is 0.337 e. The van der Waals surface area contributed by atoms with Crippen LogP contribution in [0.5, 0.6) is 0 Å². The number of carbonyl (C=O) groups excluding carboxylic acids is 1. The third-order valence-electron chi connectivity index (χ3n) is 4.36. The molecule has 2 heterocycles. The van der Waals surface area contributed by atoms with Gasteiger partial charge in [-0.1, -0.05) is 35.6 Å². The number of ether oxygens (including phenoxy) is 1. The Hall–Kier alpha value is -3.72. The predicted octanol–water partition coefficient (Wildman–Crippen LogP) is 1.58.